The number of rotatable bonds is 3. The van der Waals surface area contributed by atoms with Gasteiger partial charge in [0.1, 0.15) is 5.54 Å². The van der Waals surface area contributed by atoms with Gasteiger partial charge in [-0.15, -0.1) is 0 Å². The highest BCUT2D eigenvalue weighted by molar-refractivity contribution is 5.79. The van der Waals surface area contributed by atoms with Crippen molar-refractivity contribution in [3.63, 3.8) is 0 Å². The van der Waals surface area contributed by atoms with E-state index in [2.05, 4.69) is 5.32 Å². The molecule has 3 N–H and O–H groups in total. The maximum atomic E-state index is 11.9. The summed E-state index contributed by atoms with van der Waals surface area (Å²) in [6.45, 7) is 0.117. The molecule has 1 aliphatic rings. The number of nitrogens with one attached hydrogen (secondary N) is 1. The topological polar surface area (TPSA) is 86.6 Å². The molecule has 0 spiro atoms. The number of carbonyl (C=O) groups is 2. The Hall–Kier alpha value is -1.38. The molecule has 1 unspecified atom stereocenters. The molecule has 1 aliphatic heterocycles. The Morgan fingerprint density at radius 1 is 1.28 bits per heavy atom. The van der Waals surface area contributed by atoms with Gasteiger partial charge in [0.25, 0.3) is 0 Å². The van der Waals surface area contributed by atoms with Crippen LogP contribution in [0.1, 0.15) is 19.3 Å². The van der Waals surface area contributed by atoms with E-state index < -0.39 is 30.3 Å². The zero-order chi connectivity index (χ0) is 14.4. The summed E-state index contributed by atoms with van der Waals surface area (Å²) in [5, 5.41) is 18.7. The molecule has 0 amide bonds. The van der Waals surface area contributed by atoms with Crippen molar-refractivity contribution in [2.24, 2.45) is 0 Å². The van der Waals surface area contributed by atoms with E-state index >= 15 is 0 Å². The molecule has 0 aromatic carbocycles. The second kappa shape index (κ2) is 6.53. The fourth-order valence-corrected chi connectivity index (χ4v) is 1.47. The Kier molecular flexibility index (Phi) is 6.02. The lowest BCUT2D eigenvalue weighted by Gasteiger charge is -2.22. The van der Waals surface area contributed by atoms with E-state index in [4.69, 9.17) is 15.0 Å². The third-order valence-electron chi connectivity index (χ3n) is 2.42. The quantitative estimate of drug-likeness (QED) is 0.673. The standard InChI is InChI=1S/C7H12FNO2.C2HF3O2/c8-4-3-7(6(10)11)2-1-5-9-7;3-2(4,5)1(6)7/h9H,1-5H2,(H,10,11);(H,6,7). The van der Waals surface area contributed by atoms with E-state index in [-0.39, 0.29) is 6.42 Å². The lowest BCUT2D eigenvalue weighted by molar-refractivity contribution is -0.192. The van der Waals surface area contributed by atoms with E-state index in [9.17, 15) is 22.4 Å². The Balaban J connectivity index is 0.000000360. The normalized spacial score (nSPS) is 23.1. The van der Waals surface area contributed by atoms with Gasteiger partial charge in [-0.1, -0.05) is 0 Å². The molecular weight excluding hydrogens is 262 g/mol. The van der Waals surface area contributed by atoms with Crippen molar-refractivity contribution < 1.29 is 37.4 Å². The van der Waals surface area contributed by atoms with Crippen molar-refractivity contribution in [2.45, 2.75) is 31.0 Å². The van der Waals surface area contributed by atoms with E-state index in [0.29, 0.717) is 13.0 Å². The largest absolute Gasteiger partial charge is 0.490 e. The summed E-state index contributed by atoms with van der Waals surface area (Å²) >= 11 is 0. The van der Waals surface area contributed by atoms with Crippen LogP contribution in [0.3, 0.4) is 0 Å². The van der Waals surface area contributed by atoms with Gasteiger partial charge in [0.2, 0.25) is 0 Å². The van der Waals surface area contributed by atoms with Crippen LogP contribution >= 0.6 is 0 Å². The van der Waals surface area contributed by atoms with Gasteiger partial charge in [0, 0.05) is 6.42 Å². The van der Waals surface area contributed by atoms with E-state index in [1.165, 1.54) is 0 Å². The minimum atomic E-state index is -5.08. The van der Waals surface area contributed by atoms with Gasteiger partial charge in [-0.05, 0) is 19.4 Å². The predicted octanol–water partition coefficient (Wildman–Crippen LogP) is 1.19. The molecule has 0 saturated carbocycles. The van der Waals surface area contributed by atoms with Gasteiger partial charge in [-0.25, -0.2) is 4.79 Å². The van der Waals surface area contributed by atoms with Gasteiger partial charge in [0.05, 0.1) is 6.67 Å². The van der Waals surface area contributed by atoms with Crippen LogP contribution in [0.2, 0.25) is 0 Å². The highest BCUT2D eigenvalue weighted by Crippen LogP contribution is 2.23. The first-order chi connectivity index (χ1) is 8.15. The minimum Gasteiger partial charge on any atom is -0.480 e. The number of carboxylic acids is 2. The van der Waals surface area contributed by atoms with E-state index in [1.54, 1.807) is 0 Å². The lowest BCUT2D eigenvalue weighted by atomic mass is 9.94. The zero-order valence-electron chi connectivity index (χ0n) is 9.26. The second-order valence-corrected chi connectivity index (χ2v) is 3.66. The summed E-state index contributed by atoms with van der Waals surface area (Å²) in [6.07, 6.45) is -3.62. The molecule has 106 valence electrons. The average Bonchev–Trinajstić information content (AvgIpc) is 2.67. The van der Waals surface area contributed by atoms with Gasteiger partial charge in [-0.3, -0.25) is 9.18 Å². The van der Waals surface area contributed by atoms with E-state index in [0.717, 1.165) is 6.42 Å². The fraction of sp³-hybridized carbons (Fsp3) is 0.778. The second-order valence-electron chi connectivity index (χ2n) is 3.66. The van der Waals surface area contributed by atoms with Gasteiger partial charge in [-0.2, -0.15) is 13.2 Å². The van der Waals surface area contributed by atoms with Crippen LogP contribution in [0.5, 0.6) is 0 Å². The maximum Gasteiger partial charge on any atom is 0.490 e. The summed E-state index contributed by atoms with van der Waals surface area (Å²) in [4.78, 5) is 19.6. The molecule has 0 bridgehead atoms. The van der Waals surface area contributed by atoms with Crippen molar-refractivity contribution in [2.75, 3.05) is 13.2 Å². The number of hydrogen-bond donors (Lipinski definition) is 3. The van der Waals surface area contributed by atoms with Crippen LogP contribution in [0, 0.1) is 0 Å². The fourth-order valence-electron chi connectivity index (χ4n) is 1.47. The number of halogens is 4. The molecule has 18 heavy (non-hydrogen) atoms. The lowest BCUT2D eigenvalue weighted by Crippen LogP contribution is -2.47. The Labute approximate surface area is 99.8 Å². The van der Waals surface area contributed by atoms with Crippen molar-refractivity contribution >= 4 is 11.9 Å². The summed E-state index contributed by atoms with van der Waals surface area (Å²) in [5.41, 5.74) is -0.964. The third kappa shape index (κ3) is 4.86. The maximum absolute atomic E-state index is 11.9. The zero-order valence-corrected chi connectivity index (χ0v) is 9.26. The first-order valence-corrected chi connectivity index (χ1v) is 5.00. The number of aliphatic carboxylic acids is 2. The summed E-state index contributed by atoms with van der Waals surface area (Å²) in [6, 6.07) is 0. The average molecular weight is 275 g/mol. The van der Waals surface area contributed by atoms with Crippen molar-refractivity contribution in [3.05, 3.63) is 0 Å². The molecule has 0 aromatic rings. The van der Waals surface area contributed by atoms with Crippen molar-refractivity contribution in [1.29, 1.82) is 0 Å². The molecule has 0 aromatic heterocycles. The number of carboxylic acid groups (broad SMARTS) is 2. The molecule has 0 radical (unpaired) electrons. The summed E-state index contributed by atoms with van der Waals surface area (Å²) in [5.74, 6) is -3.68. The Bertz CT molecular complexity index is 299. The van der Waals surface area contributed by atoms with Crippen LogP contribution < -0.4 is 5.32 Å². The molecule has 1 rings (SSSR count). The molecule has 1 heterocycles. The van der Waals surface area contributed by atoms with Gasteiger partial charge in [0.15, 0.2) is 0 Å². The Morgan fingerprint density at radius 3 is 2.00 bits per heavy atom. The number of hydrogen-bond acceptors (Lipinski definition) is 3. The molecule has 0 aliphatic carbocycles. The SMILES string of the molecule is O=C(O)C(F)(F)F.O=C(O)C1(CCF)CCCN1. The number of alkyl halides is 4. The smallest absolute Gasteiger partial charge is 0.480 e. The first-order valence-electron chi connectivity index (χ1n) is 5.00. The van der Waals surface area contributed by atoms with Crippen LogP contribution in [0.4, 0.5) is 17.6 Å². The minimum absolute atomic E-state index is 0.0856. The van der Waals surface area contributed by atoms with E-state index in [1.807, 2.05) is 0 Å². The van der Waals surface area contributed by atoms with Crippen LogP contribution in [0.15, 0.2) is 0 Å². The Morgan fingerprint density at radius 2 is 1.78 bits per heavy atom. The molecular formula is C9H13F4NO4. The van der Waals surface area contributed by atoms with Crippen molar-refractivity contribution in [1.82, 2.24) is 5.32 Å². The van der Waals surface area contributed by atoms with Gasteiger partial charge >= 0.3 is 18.1 Å². The highest BCUT2D eigenvalue weighted by Gasteiger charge is 2.40. The summed E-state index contributed by atoms with van der Waals surface area (Å²) < 4.78 is 43.7. The molecule has 1 atom stereocenters. The van der Waals surface area contributed by atoms with Crippen LogP contribution in [-0.2, 0) is 9.59 Å². The monoisotopic (exact) mass is 275 g/mol. The predicted molar refractivity (Wildman–Crippen MR) is 51.9 cm³/mol. The first kappa shape index (κ1) is 16.6. The molecule has 1 fully saturated rings. The van der Waals surface area contributed by atoms with Crippen LogP contribution in [0.25, 0.3) is 0 Å². The van der Waals surface area contributed by atoms with Crippen LogP contribution in [-0.4, -0.2) is 47.1 Å². The molecule has 1 saturated heterocycles. The van der Waals surface area contributed by atoms with Gasteiger partial charge < -0.3 is 15.5 Å². The molecule has 5 nitrogen and oxygen atoms in total. The molecule has 9 heteroatoms. The third-order valence-corrected chi connectivity index (χ3v) is 2.42. The highest BCUT2D eigenvalue weighted by atomic mass is 19.4. The summed E-state index contributed by atoms with van der Waals surface area (Å²) in [7, 11) is 0. The van der Waals surface area contributed by atoms with Crippen molar-refractivity contribution in [3.8, 4) is 0 Å².